The van der Waals surface area contributed by atoms with Gasteiger partial charge in [0.05, 0.1) is 12.1 Å². The lowest BCUT2D eigenvalue weighted by Gasteiger charge is -2.08. The third-order valence-electron chi connectivity index (χ3n) is 2.32. The fourth-order valence-corrected chi connectivity index (χ4v) is 2.12. The van der Waals surface area contributed by atoms with E-state index in [1.54, 1.807) is 24.5 Å². The number of aromatic nitrogens is 1. The molecule has 0 radical (unpaired) electrons. The second-order valence-corrected chi connectivity index (χ2v) is 4.40. The van der Waals surface area contributed by atoms with E-state index in [1.165, 1.54) is 12.1 Å². The fourth-order valence-electron chi connectivity index (χ4n) is 1.47. The lowest BCUT2D eigenvalue weighted by molar-refractivity contribution is 0.102. The highest BCUT2D eigenvalue weighted by Crippen LogP contribution is 2.31. The summed E-state index contributed by atoms with van der Waals surface area (Å²) in [6, 6.07) is 6.10. The van der Waals surface area contributed by atoms with Gasteiger partial charge >= 0.3 is 0 Å². The van der Waals surface area contributed by atoms with Crippen LogP contribution in [0.2, 0.25) is 10.0 Å². The number of carbonyl (C=O) groups excluding carboxylic acids is 1. The van der Waals surface area contributed by atoms with Crippen molar-refractivity contribution in [3.05, 3.63) is 63.7 Å². The van der Waals surface area contributed by atoms with Crippen molar-refractivity contribution in [3.8, 4) is 0 Å². The molecule has 1 N–H and O–H groups in total. The fraction of sp³-hybridized carbons (Fsp3) is 0. The van der Waals surface area contributed by atoms with Gasteiger partial charge in [0, 0.05) is 28.1 Å². The second-order valence-electron chi connectivity index (χ2n) is 3.59. The van der Waals surface area contributed by atoms with E-state index in [2.05, 4.69) is 15.1 Å². The molecule has 0 aliphatic rings. The molecule has 0 bridgehead atoms. The monoisotopic (exact) mass is 291 g/mol. The summed E-state index contributed by atoms with van der Waals surface area (Å²) in [6.45, 7) is 6.89. The molecule has 1 amide bonds. The van der Waals surface area contributed by atoms with E-state index in [1.807, 2.05) is 0 Å². The Labute approximate surface area is 119 Å². The summed E-state index contributed by atoms with van der Waals surface area (Å²) in [4.78, 5) is 19.1. The molecule has 2 aromatic rings. The van der Waals surface area contributed by atoms with Crippen LogP contribution in [0.3, 0.4) is 0 Å². The second kappa shape index (κ2) is 5.70. The Morgan fingerprint density at radius 3 is 2.32 bits per heavy atom. The Morgan fingerprint density at radius 2 is 1.79 bits per heavy atom. The molecule has 6 heteroatoms. The van der Waals surface area contributed by atoms with Gasteiger partial charge in [0.25, 0.3) is 5.91 Å². The first-order valence-electron chi connectivity index (χ1n) is 5.19. The molecule has 0 atom stereocenters. The molecule has 1 heterocycles. The van der Waals surface area contributed by atoms with Crippen LogP contribution in [-0.4, -0.2) is 10.9 Å². The van der Waals surface area contributed by atoms with Crippen LogP contribution in [0.1, 0.15) is 10.4 Å². The van der Waals surface area contributed by atoms with Crippen LogP contribution in [-0.2, 0) is 0 Å². The van der Waals surface area contributed by atoms with E-state index in [9.17, 15) is 4.79 Å². The zero-order chi connectivity index (χ0) is 13.8. The molecular formula is C13H7Cl2N3O. The molecule has 0 aliphatic carbocycles. The molecule has 0 spiro atoms. The largest absolute Gasteiger partial charge is 0.322 e. The van der Waals surface area contributed by atoms with Gasteiger partial charge in [-0.3, -0.25) is 9.78 Å². The summed E-state index contributed by atoms with van der Waals surface area (Å²) < 4.78 is 0. The van der Waals surface area contributed by atoms with Gasteiger partial charge in [0.1, 0.15) is 0 Å². The molecule has 1 aromatic heterocycles. The number of benzene rings is 1. The molecule has 0 fully saturated rings. The molecule has 94 valence electrons. The van der Waals surface area contributed by atoms with Gasteiger partial charge in [-0.15, -0.1) is 0 Å². The van der Waals surface area contributed by atoms with Crippen LogP contribution in [0.15, 0.2) is 36.7 Å². The number of nitrogens with one attached hydrogen (secondary N) is 1. The predicted molar refractivity (Wildman–Crippen MR) is 74.9 cm³/mol. The lowest BCUT2D eigenvalue weighted by atomic mass is 10.2. The van der Waals surface area contributed by atoms with Crippen LogP contribution in [0.4, 0.5) is 11.4 Å². The van der Waals surface area contributed by atoms with Crippen molar-refractivity contribution in [1.29, 1.82) is 0 Å². The topological polar surface area (TPSA) is 46.4 Å². The normalized spacial score (nSPS) is 9.74. The lowest BCUT2D eigenvalue weighted by Crippen LogP contribution is -2.13. The standard InChI is InChI=1S/C13H7Cl2N3O/c1-16-9-6-10(14)12(11(15)7-9)13(19)18-8-2-4-17-5-3-8/h2-7H,(H,17,18,19). The predicted octanol–water partition coefficient (Wildman–Crippen LogP) is 4.19. The molecule has 1 aromatic carbocycles. The zero-order valence-electron chi connectivity index (χ0n) is 9.52. The minimum absolute atomic E-state index is 0.144. The highest BCUT2D eigenvalue weighted by Gasteiger charge is 2.16. The van der Waals surface area contributed by atoms with E-state index < -0.39 is 5.91 Å². The van der Waals surface area contributed by atoms with Crippen molar-refractivity contribution in [3.63, 3.8) is 0 Å². The minimum atomic E-state index is -0.433. The van der Waals surface area contributed by atoms with Crippen LogP contribution in [0, 0.1) is 6.57 Å². The highest BCUT2D eigenvalue weighted by atomic mass is 35.5. The Hall–Kier alpha value is -2.09. The summed E-state index contributed by atoms with van der Waals surface area (Å²) in [5, 5.41) is 2.94. The van der Waals surface area contributed by atoms with E-state index in [-0.39, 0.29) is 21.3 Å². The smallest absolute Gasteiger partial charge is 0.258 e. The number of rotatable bonds is 2. The number of carbonyl (C=O) groups is 1. The minimum Gasteiger partial charge on any atom is -0.322 e. The molecule has 19 heavy (non-hydrogen) atoms. The summed E-state index contributed by atoms with van der Waals surface area (Å²) in [6.07, 6.45) is 3.11. The Kier molecular flexibility index (Phi) is 4.00. The number of hydrogen-bond acceptors (Lipinski definition) is 2. The van der Waals surface area contributed by atoms with Gasteiger partial charge in [-0.25, -0.2) is 4.85 Å². The molecule has 2 rings (SSSR count). The summed E-state index contributed by atoms with van der Waals surface area (Å²) in [5.74, 6) is -0.433. The Balaban J connectivity index is 2.33. The van der Waals surface area contributed by atoms with E-state index in [0.717, 1.165) is 0 Å². The molecule has 4 nitrogen and oxygen atoms in total. The van der Waals surface area contributed by atoms with Crippen molar-refractivity contribution in [2.45, 2.75) is 0 Å². The highest BCUT2D eigenvalue weighted by molar-refractivity contribution is 6.40. The maximum atomic E-state index is 12.1. The molecular weight excluding hydrogens is 285 g/mol. The average molecular weight is 292 g/mol. The average Bonchev–Trinajstić information content (AvgIpc) is 2.38. The van der Waals surface area contributed by atoms with Crippen molar-refractivity contribution >= 4 is 40.5 Å². The maximum absolute atomic E-state index is 12.1. The number of halogens is 2. The number of nitrogens with zero attached hydrogens (tertiary/aromatic N) is 2. The first kappa shape index (κ1) is 13.3. The summed E-state index contributed by atoms with van der Waals surface area (Å²) in [7, 11) is 0. The van der Waals surface area contributed by atoms with E-state index >= 15 is 0 Å². The number of anilines is 1. The zero-order valence-corrected chi connectivity index (χ0v) is 11.0. The number of pyridine rings is 1. The van der Waals surface area contributed by atoms with Crippen LogP contribution in [0.25, 0.3) is 4.85 Å². The van der Waals surface area contributed by atoms with Crippen LogP contribution >= 0.6 is 23.2 Å². The quantitative estimate of drug-likeness (QED) is 0.843. The third kappa shape index (κ3) is 3.02. The van der Waals surface area contributed by atoms with Gasteiger partial charge < -0.3 is 5.32 Å². The molecule has 0 aliphatic heterocycles. The van der Waals surface area contributed by atoms with Crippen molar-refractivity contribution < 1.29 is 4.79 Å². The Morgan fingerprint density at radius 1 is 1.21 bits per heavy atom. The van der Waals surface area contributed by atoms with Crippen LogP contribution in [0.5, 0.6) is 0 Å². The first-order valence-corrected chi connectivity index (χ1v) is 5.95. The summed E-state index contributed by atoms with van der Waals surface area (Å²) >= 11 is 11.9. The number of amides is 1. The van der Waals surface area contributed by atoms with Gasteiger partial charge in [0.15, 0.2) is 5.69 Å². The Bertz CT molecular complexity index is 642. The van der Waals surface area contributed by atoms with Crippen molar-refractivity contribution in [2.24, 2.45) is 0 Å². The number of hydrogen-bond donors (Lipinski definition) is 1. The van der Waals surface area contributed by atoms with Crippen molar-refractivity contribution in [2.75, 3.05) is 5.32 Å². The van der Waals surface area contributed by atoms with Gasteiger partial charge in [-0.1, -0.05) is 23.2 Å². The SMILES string of the molecule is [C-]#[N+]c1cc(Cl)c(C(=O)Nc2ccncc2)c(Cl)c1. The van der Waals surface area contributed by atoms with Gasteiger partial charge in [-0.2, -0.15) is 0 Å². The van der Waals surface area contributed by atoms with Crippen LogP contribution < -0.4 is 5.32 Å². The molecule has 0 saturated carbocycles. The first-order chi connectivity index (χ1) is 9.11. The molecule has 0 saturated heterocycles. The van der Waals surface area contributed by atoms with E-state index in [4.69, 9.17) is 29.8 Å². The van der Waals surface area contributed by atoms with Gasteiger partial charge in [-0.05, 0) is 24.3 Å². The van der Waals surface area contributed by atoms with E-state index in [0.29, 0.717) is 5.69 Å². The summed E-state index contributed by atoms with van der Waals surface area (Å²) in [5.41, 5.74) is 1.02. The maximum Gasteiger partial charge on any atom is 0.258 e. The van der Waals surface area contributed by atoms with Crippen molar-refractivity contribution in [1.82, 2.24) is 4.98 Å². The molecule has 0 unspecified atom stereocenters. The third-order valence-corrected chi connectivity index (χ3v) is 2.92. The van der Waals surface area contributed by atoms with Gasteiger partial charge in [0.2, 0.25) is 0 Å².